The van der Waals surface area contributed by atoms with Gasteiger partial charge in [-0.1, -0.05) is 153 Å². The average molecular weight is 837 g/mol. The first-order valence-corrected chi connectivity index (χ1v) is 23.2. The maximum Gasteiger partial charge on any atom is 0.258 e. The number of nitrogens with zero attached hydrogens (tertiary/aromatic N) is 2. The van der Waals surface area contributed by atoms with Crippen molar-refractivity contribution in [2.45, 2.75) is 142 Å². The average Bonchev–Trinajstić information content (AvgIpc) is 3.81. The maximum absolute atomic E-state index is 12.2. The van der Waals surface area contributed by atoms with Crippen LogP contribution in [0.15, 0.2) is 85.0 Å². The first-order chi connectivity index (χ1) is 30.4. The fourth-order valence-electron chi connectivity index (χ4n) is 7.51. The second-order valence-electron chi connectivity index (χ2n) is 16.2. The molecule has 0 radical (unpaired) electrons. The number of amides is 4. The molecule has 0 spiro atoms. The Kier molecular flexibility index (Phi) is 20.1. The number of benzene rings is 3. The molecular formula is C54H64N2O6. The largest absolute Gasteiger partial charge is 0.490 e. The van der Waals surface area contributed by atoms with Crippen molar-refractivity contribution >= 4 is 35.0 Å². The minimum atomic E-state index is -0.373. The number of ether oxygens (including phenoxy) is 2. The maximum atomic E-state index is 12.2. The molecule has 4 amide bonds. The van der Waals surface area contributed by atoms with Crippen LogP contribution in [-0.4, -0.2) is 36.8 Å². The van der Waals surface area contributed by atoms with Crippen LogP contribution in [0.25, 0.3) is 0 Å². The van der Waals surface area contributed by atoms with Crippen LogP contribution in [0, 0.1) is 23.7 Å². The molecule has 326 valence electrons. The van der Waals surface area contributed by atoms with Crippen molar-refractivity contribution in [2.24, 2.45) is 0 Å². The molecule has 62 heavy (non-hydrogen) atoms. The van der Waals surface area contributed by atoms with Crippen molar-refractivity contribution < 1.29 is 28.7 Å². The lowest BCUT2D eigenvalue weighted by Gasteiger charge is -2.15. The summed E-state index contributed by atoms with van der Waals surface area (Å²) in [5.41, 5.74) is 3.69. The summed E-state index contributed by atoms with van der Waals surface area (Å²) in [5, 5.41) is 0. The van der Waals surface area contributed by atoms with E-state index < -0.39 is 0 Å². The summed E-state index contributed by atoms with van der Waals surface area (Å²) >= 11 is 0. The molecule has 0 aliphatic carbocycles. The van der Waals surface area contributed by atoms with E-state index in [1.807, 2.05) is 12.1 Å². The molecule has 3 aromatic rings. The zero-order valence-electron chi connectivity index (χ0n) is 37.0. The molecule has 2 aliphatic rings. The lowest BCUT2D eigenvalue weighted by atomic mass is 10.0. The molecule has 5 rings (SSSR count). The van der Waals surface area contributed by atoms with Gasteiger partial charge >= 0.3 is 0 Å². The van der Waals surface area contributed by atoms with Crippen LogP contribution in [0.3, 0.4) is 0 Å². The van der Waals surface area contributed by atoms with Gasteiger partial charge in [0.05, 0.1) is 24.6 Å². The molecule has 8 nitrogen and oxygen atoms in total. The Labute approximate surface area is 370 Å². The molecule has 0 unspecified atom stereocenters. The summed E-state index contributed by atoms with van der Waals surface area (Å²) in [6, 6.07) is 17.8. The number of carbonyl (C=O) groups is 4. The zero-order valence-corrected chi connectivity index (χ0v) is 37.0. The predicted octanol–water partition coefficient (Wildman–Crippen LogP) is 11.9. The van der Waals surface area contributed by atoms with Gasteiger partial charge in [0.25, 0.3) is 23.6 Å². The standard InChI is InChI=1S/C54H64N2O6/c1-3-5-7-9-11-13-15-17-19-21-39-61-49-41-45(29-23-43-25-31-47(32-26-43)55-51(57)35-36-52(55)58)46(42-50(49)62-40-22-20-18-16-14-12-10-8-6-4-2)30-24-44-27-33-48(34-28-44)56-53(59)37-38-54(56)60/h25-28,31-38,41-42H,3-22,39-40H2,1-2H3. The molecule has 0 N–H and O–H groups in total. The lowest BCUT2D eigenvalue weighted by Crippen LogP contribution is -2.29. The van der Waals surface area contributed by atoms with Gasteiger partial charge in [-0.2, -0.15) is 0 Å². The van der Waals surface area contributed by atoms with Crippen LogP contribution in [0.2, 0.25) is 0 Å². The van der Waals surface area contributed by atoms with E-state index >= 15 is 0 Å². The lowest BCUT2D eigenvalue weighted by molar-refractivity contribution is -0.121. The highest BCUT2D eigenvalue weighted by atomic mass is 16.5. The molecule has 2 heterocycles. The van der Waals surface area contributed by atoms with Gasteiger partial charge in [-0.15, -0.1) is 0 Å². The third kappa shape index (κ3) is 15.2. The fourth-order valence-corrected chi connectivity index (χ4v) is 7.51. The summed E-state index contributed by atoms with van der Waals surface area (Å²) in [7, 11) is 0. The Morgan fingerprint density at radius 3 is 0.984 bits per heavy atom. The van der Waals surface area contributed by atoms with Crippen LogP contribution in [-0.2, 0) is 19.2 Å². The van der Waals surface area contributed by atoms with Crippen molar-refractivity contribution in [1.82, 2.24) is 0 Å². The van der Waals surface area contributed by atoms with Crippen molar-refractivity contribution in [3.63, 3.8) is 0 Å². The fraction of sp³-hybridized carbons (Fsp3) is 0.444. The van der Waals surface area contributed by atoms with Gasteiger partial charge in [0.1, 0.15) is 0 Å². The van der Waals surface area contributed by atoms with Gasteiger partial charge in [-0.3, -0.25) is 19.2 Å². The highest BCUT2D eigenvalue weighted by molar-refractivity contribution is 6.28. The van der Waals surface area contributed by atoms with E-state index in [0.29, 0.717) is 58.3 Å². The summed E-state index contributed by atoms with van der Waals surface area (Å²) in [6.45, 7) is 5.64. The number of rotatable bonds is 26. The summed E-state index contributed by atoms with van der Waals surface area (Å²) in [5.74, 6) is 12.9. The molecule has 0 bridgehead atoms. The number of anilines is 2. The van der Waals surface area contributed by atoms with E-state index in [-0.39, 0.29) is 23.6 Å². The number of imide groups is 2. The highest BCUT2D eigenvalue weighted by Gasteiger charge is 2.26. The Hall–Kier alpha value is -5.86. The molecule has 8 heteroatoms. The van der Waals surface area contributed by atoms with Crippen LogP contribution in [0.4, 0.5) is 11.4 Å². The quantitative estimate of drug-likeness (QED) is 0.0454. The Balaban J connectivity index is 1.33. The van der Waals surface area contributed by atoms with Gasteiger partial charge in [-0.25, -0.2) is 9.80 Å². The van der Waals surface area contributed by atoms with Gasteiger partial charge in [0.2, 0.25) is 0 Å². The minimum Gasteiger partial charge on any atom is -0.490 e. The van der Waals surface area contributed by atoms with E-state index in [0.717, 1.165) is 35.5 Å². The van der Waals surface area contributed by atoms with Crippen LogP contribution >= 0.6 is 0 Å². The van der Waals surface area contributed by atoms with Gasteiger partial charge in [-0.05, 0) is 61.4 Å². The third-order valence-electron chi connectivity index (χ3n) is 11.1. The van der Waals surface area contributed by atoms with Crippen LogP contribution < -0.4 is 19.3 Å². The Bertz CT molecular complexity index is 1940. The van der Waals surface area contributed by atoms with Crippen LogP contribution in [0.1, 0.15) is 165 Å². The van der Waals surface area contributed by atoms with E-state index in [4.69, 9.17) is 9.47 Å². The molecule has 0 atom stereocenters. The number of hydrogen-bond donors (Lipinski definition) is 0. The van der Waals surface area contributed by atoms with Crippen molar-refractivity contribution in [3.8, 4) is 35.2 Å². The van der Waals surface area contributed by atoms with Gasteiger partial charge in [0.15, 0.2) is 11.5 Å². The third-order valence-corrected chi connectivity index (χ3v) is 11.1. The molecule has 0 fully saturated rings. The topological polar surface area (TPSA) is 93.2 Å². The highest BCUT2D eigenvalue weighted by Crippen LogP contribution is 2.32. The van der Waals surface area contributed by atoms with E-state index in [2.05, 4.69) is 37.5 Å². The summed E-state index contributed by atoms with van der Waals surface area (Å²) in [6.07, 6.45) is 29.8. The second-order valence-corrected chi connectivity index (χ2v) is 16.2. The molecule has 0 aromatic heterocycles. The smallest absolute Gasteiger partial charge is 0.258 e. The van der Waals surface area contributed by atoms with Crippen LogP contribution in [0.5, 0.6) is 11.5 Å². The van der Waals surface area contributed by atoms with Gasteiger partial charge in [0, 0.05) is 58.7 Å². The van der Waals surface area contributed by atoms with Crippen molar-refractivity contribution in [2.75, 3.05) is 23.0 Å². The van der Waals surface area contributed by atoms with Crippen molar-refractivity contribution in [1.29, 1.82) is 0 Å². The normalized spacial score (nSPS) is 13.1. The second kappa shape index (κ2) is 26.5. The number of hydrogen-bond acceptors (Lipinski definition) is 6. The van der Waals surface area contributed by atoms with E-state index in [9.17, 15) is 19.2 Å². The summed E-state index contributed by atoms with van der Waals surface area (Å²) < 4.78 is 12.9. The number of unbranched alkanes of at least 4 members (excludes halogenated alkanes) is 18. The van der Waals surface area contributed by atoms with Gasteiger partial charge < -0.3 is 9.47 Å². The predicted molar refractivity (Wildman–Crippen MR) is 249 cm³/mol. The van der Waals surface area contributed by atoms with Crippen molar-refractivity contribution in [3.05, 3.63) is 107 Å². The number of carbonyl (C=O) groups excluding carboxylic acids is 4. The summed E-state index contributed by atoms with van der Waals surface area (Å²) in [4.78, 5) is 51.2. The Morgan fingerprint density at radius 2 is 0.677 bits per heavy atom. The SMILES string of the molecule is CCCCCCCCCCCCOc1cc(C#Cc2ccc(N3C(=O)C=CC3=O)cc2)c(C#Cc2ccc(N3C(=O)C=CC3=O)cc2)cc1OCCCCCCCCCCCC. The molecule has 2 aliphatic heterocycles. The monoisotopic (exact) mass is 836 g/mol. The molecular weight excluding hydrogens is 773 g/mol. The molecule has 0 saturated carbocycles. The Morgan fingerprint density at radius 1 is 0.387 bits per heavy atom. The molecule has 3 aromatic carbocycles. The first kappa shape index (κ1) is 47.2. The van der Waals surface area contributed by atoms with E-state index in [1.165, 1.54) is 127 Å². The van der Waals surface area contributed by atoms with E-state index in [1.54, 1.807) is 48.5 Å². The first-order valence-electron chi connectivity index (χ1n) is 23.2. The molecule has 0 saturated heterocycles. The zero-order chi connectivity index (χ0) is 43.8. The minimum absolute atomic E-state index is 0.373.